The fourth-order valence-electron chi connectivity index (χ4n) is 4.62. The van der Waals surface area contributed by atoms with Crippen LogP contribution >= 0.6 is 11.3 Å². The molecule has 5 heterocycles. The normalized spacial score (nSPS) is 24.6. The van der Waals surface area contributed by atoms with E-state index in [0.717, 1.165) is 18.7 Å². The maximum absolute atomic E-state index is 13.8. The minimum Gasteiger partial charge on any atom is -0.361 e. The molecule has 3 aromatic rings. The zero-order chi connectivity index (χ0) is 20.4. The second-order valence-corrected chi connectivity index (χ2v) is 8.74. The van der Waals surface area contributed by atoms with Gasteiger partial charge in [-0.15, -0.1) is 0 Å². The van der Waals surface area contributed by atoms with Crippen LogP contribution in [0.25, 0.3) is 0 Å². The summed E-state index contributed by atoms with van der Waals surface area (Å²) in [7, 11) is 0. The van der Waals surface area contributed by atoms with Crippen molar-refractivity contribution >= 4 is 17.2 Å². The predicted octanol–water partition coefficient (Wildman–Crippen LogP) is 2.94. The van der Waals surface area contributed by atoms with Crippen molar-refractivity contribution in [3.8, 4) is 0 Å². The quantitative estimate of drug-likeness (QED) is 0.635. The molecule has 0 unspecified atom stereocenters. The molecule has 2 atom stereocenters. The molecule has 30 heavy (non-hydrogen) atoms. The number of amides is 1. The molecule has 5 rings (SSSR count). The first-order chi connectivity index (χ1) is 14.7. The van der Waals surface area contributed by atoms with Gasteiger partial charge in [-0.05, 0) is 51.7 Å². The Balaban J connectivity index is 1.45. The van der Waals surface area contributed by atoms with E-state index in [0.29, 0.717) is 26.2 Å². The number of carbonyl (C=O) groups excluding carboxylic acids is 1. The Labute approximate surface area is 180 Å². The Hall–Kier alpha value is -2.61. The first-order valence-corrected chi connectivity index (χ1v) is 11.1. The van der Waals surface area contributed by atoms with Gasteiger partial charge in [-0.2, -0.15) is 11.3 Å². The van der Waals surface area contributed by atoms with E-state index in [1.54, 1.807) is 17.5 Å². The van der Waals surface area contributed by atoms with E-state index in [9.17, 15) is 4.79 Å². The third-order valence-electron chi connectivity index (χ3n) is 6.03. The Bertz CT molecular complexity index is 983. The van der Waals surface area contributed by atoms with Crippen molar-refractivity contribution in [3.05, 3.63) is 82.6 Å². The molecule has 0 aliphatic carbocycles. The first kappa shape index (κ1) is 19.4. The molecule has 1 amide bonds. The van der Waals surface area contributed by atoms with Crippen LogP contribution in [-0.2, 0) is 22.6 Å². The van der Waals surface area contributed by atoms with E-state index in [1.807, 2.05) is 41.7 Å². The summed E-state index contributed by atoms with van der Waals surface area (Å²) < 4.78 is 6.35. The molecule has 0 saturated carbocycles. The largest absolute Gasteiger partial charge is 0.361 e. The minimum absolute atomic E-state index is 0.0502. The zero-order valence-electron chi connectivity index (χ0n) is 16.7. The highest BCUT2D eigenvalue weighted by atomic mass is 32.1. The van der Waals surface area contributed by atoms with E-state index in [2.05, 4.69) is 37.8 Å². The van der Waals surface area contributed by atoms with Crippen LogP contribution in [0.4, 0.5) is 0 Å². The van der Waals surface area contributed by atoms with E-state index >= 15 is 0 Å². The predicted molar refractivity (Wildman–Crippen MR) is 115 cm³/mol. The zero-order valence-corrected chi connectivity index (χ0v) is 17.5. The van der Waals surface area contributed by atoms with Gasteiger partial charge in [-0.3, -0.25) is 19.7 Å². The van der Waals surface area contributed by atoms with Crippen LogP contribution < -0.4 is 0 Å². The van der Waals surface area contributed by atoms with Gasteiger partial charge >= 0.3 is 0 Å². The molecule has 3 aromatic heterocycles. The van der Waals surface area contributed by atoms with Gasteiger partial charge in [0.2, 0.25) is 0 Å². The molecule has 7 heteroatoms. The summed E-state index contributed by atoms with van der Waals surface area (Å²) in [6, 6.07) is 10.1. The summed E-state index contributed by atoms with van der Waals surface area (Å²) in [6.07, 6.45) is 7.26. The van der Waals surface area contributed by atoms with Crippen molar-refractivity contribution in [1.82, 2.24) is 19.8 Å². The van der Waals surface area contributed by atoms with Gasteiger partial charge in [-0.25, -0.2) is 0 Å². The molecule has 2 aliphatic rings. The maximum atomic E-state index is 13.8. The summed E-state index contributed by atoms with van der Waals surface area (Å²) in [4.78, 5) is 26.5. The van der Waals surface area contributed by atoms with Gasteiger partial charge < -0.3 is 9.64 Å². The first-order valence-electron chi connectivity index (χ1n) is 10.2. The Kier molecular flexibility index (Phi) is 5.33. The van der Waals surface area contributed by atoms with E-state index in [4.69, 9.17) is 4.74 Å². The number of carbonyl (C=O) groups is 1. The van der Waals surface area contributed by atoms with E-state index < -0.39 is 5.60 Å². The highest BCUT2D eigenvalue weighted by Crippen LogP contribution is 2.42. The highest BCUT2D eigenvalue weighted by Gasteiger charge is 2.56. The average Bonchev–Trinajstić information content (AvgIpc) is 3.41. The molecule has 0 radical (unpaired) electrons. The molecule has 2 saturated heterocycles. The summed E-state index contributed by atoms with van der Waals surface area (Å²) in [5, 5.41) is 4.17. The molecule has 2 fully saturated rings. The maximum Gasteiger partial charge on any atom is 0.257 e. The van der Waals surface area contributed by atoms with Gasteiger partial charge in [0.05, 0.1) is 6.61 Å². The Morgan fingerprint density at radius 3 is 2.77 bits per heavy atom. The number of pyridine rings is 2. The monoisotopic (exact) mass is 420 g/mol. The molecule has 6 nitrogen and oxygen atoms in total. The van der Waals surface area contributed by atoms with Crippen molar-refractivity contribution in [1.29, 1.82) is 0 Å². The van der Waals surface area contributed by atoms with Crippen molar-refractivity contribution < 1.29 is 9.53 Å². The van der Waals surface area contributed by atoms with Crippen LogP contribution in [0.15, 0.2) is 65.9 Å². The summed E-state index contributed by atoms with van der Waals surface area (Å²) in [5.41, 5.74) is 2.55. The molecule has 154 valence electrons. The van der Waals surface area contributed by atoms with Crippen LogP contribution in [0, 0.1) is 0 Å². The number of rotatable bonds is 5. The SMILES string of the molecule is O=C1N(Cc2ccsc2)CCO[C@]12CN(Cc1ccncc1)C[C@H]2c1cccnc1. The molecule has 2 aliphatic heterocycles. The fourth-order valence-corrected chi connectivity index (χ4v) is 5.28. The number of hydrogen-bond acceptors (Lipinski definition) is 6. The number of aromatic nitrogens is 2. The topological polar surface area (TPSA) is 58.6 Å². The number of morpholine rings is 1. The van der Waals surface area contributed by atoms with Gasteiger partial charge in [-0.1, -0.05) is 6.07 Å². The minimum atomic E-state index is -0.871. The lowest BCUT2D eigenvalue weighted by molar-refractivity contribution is -0.173. The fraction of sp³-hybridized carbons (Fsp3) is 0.348. The van der Waals surface area contributed by atoms with Gasteiger partial charge in [0.25, 0.3) is 5.91 Å². The van der Waals surface area contributed by atoms with Crippen molar-refractivity contribution in [2.24, 2.45) is 0 Å². The summed E-state index contributed by atoms with van der Waals surface area (Å²) >= 11 is 1.66. The van der Waals surface area contributed by atoms with Crippen molar-refractivity contribution in [2.45, 2.75) is 24.6 Å². The lowest BCUT2D eigenvalue weighted by Crippen LogP contribution is -2.59. The van der Waals surface area contributed by atoms with Crippen LogP contribution in [0.2, 0.25) is 0 Å². The molecular weight excluding hydrogens is 396 g/mol. The van der Waals surface area contributed by atoms with Crippen LogP contribution in [0.1, 0.15) is 22.6 Å². The molecular formula is C23H24N4O2S. The second-order valence-electron chi connectivity index (χ2n) is 7.96. The number of ether oxygens (including phenoxy) is 1. The van der Waals surface area contributed by atoms with Crippen molar-refractivity contribution in [3.63, 3.8) is 0 Å². The number of thiophene rings is 1. The van der Waals surface area contributed by atoms with Crippen LogP contribution in [-0.4, -0.2) is 57.5 Å². The number of nitrogens with zero attached hydrogens (tertiary/aromatic N) is 4. The van der Waals surface area contributed by atoms with E-state index in [1.165, 1.54) is 11.1 Å². The third-order valence-corrected chi connectivity index (χ3v) is 6.76. The smallest absolute Gasteiger partial charge is 0.257 e. The third kappa shape index (κ3) is 3.64. The molecule has 1 spiro atoms. The average molecular weight is 421 g/mol. The number of hydrogen-bond donors (Lipinski definition) is 0. The highest BCUT2D eigenvalue weighted by molar-refractivity contribution is 7.07. The number of likely N-dealkylation sites (tertiary alicyclic amines) is 1. The van der Waals surface area contributed by atoms with E-state index in [-0.39, 0.29) is 11.8 Å². The van der Waals surface area contributed by atoms with Gasteiger partial charge in [0.1, 0.15) is 0 Å². The second kappa shape index (κ2) is 8.26. The van der Waals surface area contributed by atoms with Crippen molar-refractivity contribution in [2.75, 3.05) is 26.2 Å². The Morgan fingerprint density at radius 1 is 1.10 bits per heavy atom. The standard InChI is InChI=1S/C23H24N4O2S/c28-22-23(29-10-9-27(22)14-19-5-11-30-16-19)17-26(13-18-3-7-24-8-4-18)15-21(23)20-2-1-6-25-12-20/h1-8,11-12,16,21H,9-10,13-15,17H2/t21-,23-/m0/s1. The summed E-state index contributed by atoms with van der Waals surface area (Å²) in [5.74, 6) is 0.0387. The Morgan fingerprint density at radius 2 is 2.00 bits per heavy atom. The summed E-state index contributed by atoms with van der Waals surface area (Å²) in [6.45, 7) is 3.91. The van der Waals surface area contributed by atoms with Crippen LogP contribution in [0.3, 0.4) is 0 Å². The molecule has 0 aromatic carbocycles. The van der Waals surface area contributed by atoms with Gasteiger partial charge in [0.15, 0.2) is 5.60 Å². The molecule has 0 N–H and O–H groups in total. The molecule has 0 bridgehead atoms. The lowest BCUT2D eigenvalue weighted by Gasteiger charge is -2.42. The van der Waals surface area contributed by atoms with Gasteiger partial charge in [0, 0.05) is 63.4 Å². The lowest BCUT2D eigenvalue weighted by atomic mass is 9.83. The van der Waals surface area contributed by atoms with Crippen LogP contribution in [0.5, 0.6) is 0 Å².